The molecule has 0 spiro atoms. The summed E-state index contributed by atoms with van der Waals surface area (Å²) in [6.07, 6.45) is -3.51. The fraction of sp³-hybridized carbons (Fsp3) is 0.800. The summed E-state index contributed by atoms with van der Waals surface area (Å²) in [6, 6.07) is -1.26. The first-order valence-electron chi connectivity index (χ1n) is 5.13. The van der Waals surface area contributed by atoms with Crippen molar-refractivity contribution in [1.29, 1.82) is 0 Å². The van der Waals surface area contributed by atoms with Gasteiger partial charge in [-0.1, -0.05) is 13.8 Å². The Morgan fingerprint density at radius 3 is 1.71 bits per heavy atom. The molecular formula is C10H21NO6. The van der Waals surface area contributed by atoms with Gasteiger partial charge in [-0.05, 0) is 0 Å². The van der Waals surface area contributed by atoms with Crippen LogP contribution in [-0.2, 0) is 9.59 Å². The van der Waals surface area contributed by atoms with Crippen molar-refractivity contribution in [3.05, 3.63) is 0 Å². The van der Waals surface area contributed by atoms with Crippen molar-refractivity contribution in [2.75, 3.05) is 6.61 Å². The van der Waals surface area contributed by atoms with Crippen LogP contribution in [0.5, 0.6) is 0 Å². The molecule has 6 N–H and O–H groups in total. The third-order valence-corrected chi connectivity index (χ3v) is 1.75. The minimum absolute atomic E-state index is 0.204. The Hall–Kier alpha value is -0.860. The molecule has 0 aromatic heterocycles. The molecule has 0 heterocycles. The molecule has 7 heteroatoms. The molecule has 0 aliphatic carbocycles. The number of aliphatic hydroxyl groups excluding tert-OH is 4. The van der Waals surface area contributed by atoms with Gasteiger partial charge in [0.25, 0.3) is 0 Å². The Morgan fingerprint density at radius 1 is 1.06 bits per heavy atom. The number of carbonyl (C=O) groups is 2. The molecule has 0 bridgehead atoms. The summed E-state index contributed by atoms with van der Waals surface area (Å²) in [6.45, 7) is 3.00. The number of aldehydes is 2. The highest BCUT2D eigenvalue weighted by Crippen LogP contribution is 2.01. The monoisotopic (exact) mass is 251 g/mol. The number of rotatable bonds is 6. The summed E-state index contributed by atoms with van der Waals surface area (Å²) >= 11 is 0. The SMILES string of the molecule is CC(C)C=O.N[C@@H](C=O)[C@@H](O)[C@H](O)[C@H](O)CO. The summed E-state index contributed by atoms with van der Waals surface area (Å²) in [7, 11) is 0. The lowest BCUT2D eigenvalue weighted by Gasteiger charge is -2.23. The molecule has 0 amide bonds. The minimum atomic E-state index is -1.62. The Bertz CT molecular complexity index is 211. The quantitative estimate of drug-likeness (QED) is 0.327. The molecule has 0 radical (unpaired) electrons. The lowest BCUT2D eigenvalue weighted by atomic mass is 10.0. The van der Waals surface area contributed by atoms with Crippen molar-refractivity contribution >= 4 is 12.6 Å². The van der Waals surface area contributed by atoms with Crippen LogP contribution in [0.2, 0.25) is 0 Å². The highest BCUT2D eigenvalue weighted by molar-refractivity contribution is 5.58. The molecule has 0 aromatic rings. The molecular weight excluding hydrogens is 230 g/mol. The molecule has 0 unspecified atom stereocenters. The summed E-state index contributed by atoms with van der Waals surface area (Å²) in [5.41, 5.74) is 5.04. The standard InChI is InChI=1S/C6H13NO5.C4H8O/c7-3(1-8)5(11)6(12)4(10)2-9;1-4(2)3-5/h1,3-6,9-12H,2,7H2;3-4H,1-2H3/t3-,4+,5+,6+;/m0./s1. The summed E-state index contributed by atoms with van der Waals surface area (Å²) in [5.74, 6) is 0.204. The number of nitrogens with two attached hydrogens (primary N) is 1. The molecule has 0 aliphatic rings. The zero-order chi connectivity index (χ0) is 14.0. The van der Waals surface area contributed by atoms with E-state index in [0.29, 0.717) is 0 Å². The van der Waals surface area contributed by atoms with Crippen molar-refractivity contribution in [3.8, 4) is 0 Å². The number of hydrogen-bond donors (Lipinski definition) is 5. The maximum Gasteiger partial charge on any atom is 0.139 e. The van der Waals surface area contributed by atoms with Crippen molar-refractivity contribution in [3.63, 3.8) is 0 Å². The number of aliphatic hydroxyl groups is 4. The average Bonchev–Trinajstić information content (AvgIpc) is 2.35. The molecule has 17 heavy (non-hydrogen) atoms. The van der Waals surface area contributed by atoms with Crippen molar-refractivity contribution < 1.29 is 30.0 Å². The molecule has 0 rings (SSSR count). The van der Waals surface area contributed by atoms with Gasteiger partial charge in [0, 0.05) is 5.92 Å². The summed E-state index contributed by atoms with van der Waals surface area (Å²) < 4.78 is 0. The molecule has 102 valence electrons. The van der Waals surface area contributed by atoms with Gasteiger partial charge in [-0.3, -0.25) is 0 Å². The van der Waals surface area contributed by atoms with Crippen molar-refractivity contribution in [1.82, 2.24) is 0 Å². The molecule has 0 saturated heterocycles. The fourth-order valence-corrected chi connectivity index (χ4v) is 0.644. The molecule has 4 atom stereocenters. The smallest absolute Gasteiger partial charge is 0.139 e. The molecule has 0 saturated carbocycles. The first-order valence-corrected chi connectivity index (χ1v) is 5.13. The third-order valence-electron chi connectivity index (χ3n) is 1.75. The predicted molar refractivity (Wildman–Crippen MR) is 60.0 cm³/mol. The van der Waals surface area contributed by atoms with E-state index in [-0.39, 0.29) is 12.2 Å². The average molecular weight is 251 g/mol. The summed E-state index contributed by atoms with van der Waals surface area (Å²) in [5, 5.41) is 35.2. The van der Waals surface area contributed by atoms with Crippen LogP contribution >= 0.6 is 0 Å². The van der Waals surface area contributed by atoms with E-state index in [1.54, 1.807) is 0 Å². The van der Waals surface area contributed by atoms with E-state index in [4.69, 9.17) is 26.2 Å². The molecule has 7 nitrogen and oxygen atoms in total. The third kappa shape index (κ3) is 8.90. The van der Waals surface area contributed by atoms with E-state index in [0.717, 1.165) is 6.29 Å². The maximum atomic E-state index is 10.0. The van der Waals surface area contributed by atoms with Crippen LogP contribution in [0.4, 0.5) is 0 Å². The van der Waals surface area contributed by atoms with E-state index in [1.807, 2.05) is 13.8 Å². The van der Waals surface area contributed by atoms with Crippen LogP contribution in [0, 0.1) is 5.92 Å². The van der Waals surface area contributed by atoms with Gasteiger partial charge in [0.05, 0.1) is 12.6 Å². The lowest BCUT2D eigenvalue weighted by molar-refractivity contribution is -0.118. The van der Waals surface area contributed by atoms with Gasteiger partial charge >= 0.3 is 0 Å². The summed E-state index contributed by atoms with van der Waals surface area (Å²) in [4.78, 5) is 19.5. The Labute approximate surface area is 99.9 Å². The van der Waals surface area contributed by atoms with Crippen LogP contribution < -0.4 is 5.73 Å². The molecule has 0 aliphatic heterocycles. The van der Waals surface area contributed by atoms with Crippen molar-refractivity contribution in [2.45, 2.75) is 38.2 Å². The first kappa shape index (κ1) is 18.5. The highest BCUT2D eigenvalue weighted by atomic mass is 16.4. The van der Waals surface area contributed by atoms with Crippen LogP contribution in [0.15, 0.2) is 0 Å². The van der Waals surface area contributed by atoms with Gasteiger partial charge in [-0.2, -0.15) is 0 Å². The zero-order valence-corrected chi connectivity index (χ0v) is 9.93. The zero-order valence-electron chi connectivity index (χ0n) is 9.93. The van der Waals surface area contributed by atoms with E-state index in [1.165, 1.54) is 0 Å². The topological polar surface area (TPSA) is 141 Å². The van der Waals surface area contributed by atoms with Gasteiger partial charge in [-0.25, -0.2) is 0 Å². The van der Waals surface area contributed by atoms with E-state index < -0.39 is 31.0 Å². The van der Waals surface area contributed by atoms with Crippen LogP contribution in [0.3, 0.4) is 0 Å². The second kappa shape index (κ2) is 10.3. The Morgan fingerprint density at radius 2 is 1.47 bits per heavy atom. The normalized spacial score (nSPS) is 17.4. The molecule has 0 fully saturated rings. The van der Waals surface area contributed by atoms with Gasteiger partial charge in [0.2, 0.25) is 0 Å². The van der Waals surface area contributed by atoms with E-state index >= 15 is 0 Å². The van der Waals surface area contributed by atoms with E-state index in [2.05, 4.69) is 0 Å². The second-order valence-electron chi connectivity index (χ2n) is 3.82. The van der Waals surface area contributed by atoms with Crippen LogP contribution in [0.25, 0.3) is 0 Å². The fourth-order valence-electron chi connectivity index (χ4n) is 0.644. The van der Waals surface area contributed by atoms with Crippen LogP contribution in [-0.4, -0.2) is 64.0 Å². The van der Waals surface area contributed by atoms with Crippen molar-refractivity contribution in [2.24, 2.45) is 11.7 Å². The largest absolute Gasteiger partial charge is 0.394 e. The van der Waals surface area contributed by atoms with E-state index in [9.17, 15) is 9.59 Å². The maximum absolute atomic E-state index is 10.0. The predicted octanol–water partition coefficient (Wildman–Crippen LogP) is -2.57. The second-order valence-corrected chi connectivity index (χ2v) is 3.82. The lowest BCUT2D eigenvalue weighted by Crippen LogP contribution is -2.49. The van der Waals surface area contributed by atoms with Gasteiger partial charge in [-0.15, -0.1) is 0 Å². The van der Waals surface area contributed by atoms with Crippen LogP contribution in [0.1, 0.15) is 13.8 Å². The first-order chi connectivity index (χ1) is 7.81. The highest BCUT2D eigenvalue weighted by Gasteiger charge is 2.28. The molecule has 0 aromatic carbocycles. The Kier molecular flexibility index (Phi) is 11.2. The number of hydrogen-bond acceptors (Lipinski definition) is 7. The van der Waals surface area contributed by atoms with Gasteiger partial charge in [0.15, 0.2) is 0 Å². The van der Waals surface area contributed by atoms with Gasteiger partial charge < -0.3 is 35.7 Å². The minimum Gasteiger partial charge on any atom is -0.394 e. The van der Waals surface area contributed by atoms with Gasteiger partial charge in [0.1, 0.15) is 30.9 Å². The number of carbonyl (C=O) groups excluding carboxylic acids is 2. The Balaban J connectivity index is 0.